The van der Waals surface area contributed by atoms with Gasteiger partial charge in [-0.15, -0.1) is 0 Å². The Balaban J connectivity index is 1.32. The zero-order valence-electron chi connectivity index (χ0n) is 17.5. The van der Waals surface area contributed by atoms with Gasteiger partial charge in [0.1, 0.15) is 42.6 Å². The summed E-state index contributed by atoms with van der Waals surface area (Å²) in [6.07, 6.45) is 0.824. The molecule has 0 amide bonds. The van der Waals surface area contributed by atoms with Crippen LogP contribution in [-0.2, 0) is 30.2 Å². The zero-order chi connectivity index (χ0) is 22.5. The van der Waals surface area contributed by atoms with Crippen molar-refractivity contribution in [2.45, 2.75) is 50.6 Å². The molecular formula is C21H22FN5O5. The van der Waals surface area contributed by atoms with Crippen molar-refractivity contribution in [3.05, 3.63) is 48.3 Å². The quantitative estimate of drug-likeness (QED) is 0.587. The lowest BCUT2D eigenvalue weighted by Crippen LogP contribution is -2.33. The van der Waals surface area contributed by atoms with E-state index in [1.165, 1.54) is 18.5 Å². The summed E-state index contributed by atoms with van der Waals surface area (Å²) >= 11 is 0. The van der Waals surface area contributed by atoms with Crippen LogP contribution >= 0.6 is 0 Å². The number of nitrogen functional groups attached to an aromatic ring is 1. The van der Waals surface area contributed by atoms with Gasteiger partial charge in [-0.3, -0.25) is 9.36 Å². The molecule has 2 aliphatic rings. The van der Waals surface area contributed by atoms with E-state index in [0.29, 0.717) is 16.7 Å². The van der Waals surface area contributed by atoms with Gasteiger partial charge in [-0.1, -0.05) is 12.1 Å². The smallest absolute Gasteiger partial charge is 0.310 e. The molecule has 11 heteroatoms. The van der Waals surface area contributed by atoms with Crippen molar-refractivity contribution in [3.63, 3.8) is 0 Å². The number of esters is 1. The molecule has 32 heavy (non-hydrogen) atoms. The van der Waals surface area contributed by atoms with Crippen LogP contribution in [0.2, 0.25) is 0 Å². The summed E-state index contributed by atoms with van der Waals surface area (Å²) < 4.78 is 38.5. The summed E-state index contributed by atoms with van der Waals surface area (Å²) in [4.78, 5) is 24.8. The highest BCUT2D eigenvalue weighted by molar-refractivity contribution is 5.81. The topological polar surface area (TPSA) is 124 Å². The van der Waals surface area contributed by atoms with Crippen LogP contribution in [-0.4, -0.2) is 56.2 Å². The molecule has 1 aromatic carbocycles. The fourth-order valence-corrected chi connectivity index (χ4v) is 4.07. The van der Waals surface area contributed by atoms with Gasteiger partial charge in [0, 0.05) is 0 Å². The number of ether oxygens (including phenoxy) is 4. The molecule has 2 aromatic heterocycles. The summed E-state index contributed by atoms with van der Waals surface area (Å²) in [6, 6.07) is 5.69. The zero-order valence-corrected chi connectivity index (χ0v) is 17.5. The second-order valence-electron chi connectivity index (χ2n) is 8.20. The lowest BCUT2D eigenvalue weighted by molar-refractivity contribution is -0.202. The van der Waals surface area contributed by atoms with Gasteiger partial charge in [0.05, 0.1) is 12.7 Å². The fraction of sp³-hybridized carbons (Fsp3) is 0.429. The normalized spacial score (nSPS) is 26.3. The molecule has 0 bridgehead atoms. The van der Waals surface area contributed by atoms with Crippen molar-refractivity contribution in [1.29, 1.82) is 0 Å². The van der Waals surface area contributed by atoms with Gasteiger partial charge in [-0.25, -0.2) is 19.3 Å². The molecule has 0 saturated carbocycles. The van der Waals surface area contributed by atoms with Crippen LogP contribution in [0.3, 0.4) is 0 Å². The van der Waals surface area contributed by atoms with Crippen molar-refractivity contribution in [2.24, 2.45) is 0 Å². The number of nitrogens with two attached hydrogens (primary N) is 1. The van der Waals surface area contributed by atoms with Gasteiger partial charge in [-0.05, 0) is 31.5 Å². The first-order chi connectivity index (χ1) is 15.3. The Kier molecular flexibility index (Phi) is 5.03. The minimum Gasteiger partial charge on any atom is -0.463 e. The summed E-state index contributed by atoms with van der Waals surface area (Å²) in [6.45, 7) is 3.60. The molecule has 2 fully saturated rings. The summed E-state index contributed by atoms with van der Waals surface area (Å²) in [5.74, 6) is -1.39. The highest BCUT2D eigenvalue weighted by Gasteiger charge is 2.56. The molecule has 168 valence electrons. The third-order valence-electron chi connectivity index (χ3n) is 5.46. The second-order valence-corrected chi connectivity index (χ2v) is 8.20. The largest absolute Gasteiger partial charge is 0.463 e. The number of rotatable bonds is 5. The molecule has 0 unspecified atom stereocenters. The highest BCUT2D eigenvalue weighted by atomic mass is 19.1. The van der Waals surface area contributed by atoms with Crippen LogP contribution in [0.4, 0.5) is 10.2 Å². The van der Waals surface area contributed by atoms with Crippen LogP contribution < -0.4 is 5.73 Å². The molecule has 0 spiro atoms. The van der Waals surface area contributed by atoms with E-state index in [0.717, 1.165) is 0 Å². The number of hydrogen-bond acceptors (Lipinski definition) is 9. The number of fused-ring (bicyclic) bond motifs is 2. The van der Waals surface area contributed by atoms with Crippen molar-refractivity contribution in [1.82, 2.24) is 19.5 Å². The molecule has 3 aromatic rings. The van der Waals surface area contributed by atoms with E-state index in [2.05, 4.69) is 15.0 Å². The predicted molar refractivity (Wildman–Crippen MR) is 109 cm³/mol. The molecular weight excluding hydrogens is 421 g/mol. The molecule has 4 atom stereocenters. The molecule has 0 aliphatic carbocycles. The maximum absolute atomic E-state index is 13.1. The molecule has 5 rings (SSSR count). The van der Waals surface area contributed by atoms with E-state index < -0.39 is 36.3 Å². The van der Waals surface area contributed by atoms with Crippen LogP contribution in [0.15, 0.2) is 36.9 Å². The van der Waals surface area contributed by atoms with E-state index in [4.69, 9.17) is 24.7 Å². The Morgan fingerprint density at radius 2 is 1.94 bits per heavy atom. The number of imidazole rings is 1. The molecule has 0 radical (unpaired) electrons. The van der Waals surface area contributed by atoms with Gasteiger partial charge >= 0.3 is 5.97 Å². The minimum absolute atomic E-state index is 0.0235. The Hall–Kier alpha value is -3.15. The van der Waals surface area contributed by atoms with E-state index in [9.17, 15) is 9.18 Å². The second kappa shape index (κ2) is 7.76. The van der Waals surface area contributed by atoms with E-state index in [1.54, 1.807) is 23.0 Å². The number of anilines is 1. The molecule has 10 nitrogen and oxygen atoms in total. The third-order valence-corrected chi connectivity index (χ3v) is 5.46. The number of carbonyl (C=O) groups is 1. The van der Waals surface area contributed by atoms with Crippen LogP contribution in [0.5, 0.6) is 0 Å². The van der Waals surface area contributed by atoms with Gasteiger partial charge < -0.3 is 24.7 Å². The van der Waals surface area contributed by atoms with Gasteiger partial charge in [0.15, 0.2) is 23.5 Å². The summed E-state index contributed by atoms with van der Waals surface area (Å²) in [7, 11) is 0. The van der Waals surface area contributed by atoms with Crippen LogP contribution in [0, 0.1) is 5.82 Å². The van der Waals surface area contributed by atoms with Crippen LogP contribution in [0.25, 0.3) is 11.2 Å². The Bertz CT molecular complexity index is 1150. The first-order valence-corrected chi connectivity index (χ1v) is 10.1. The number of halogens is 1. The lowest BCUT2D eigenvalue weighted by Gasteiger charge is -2.24. The van der Waals surface area contributed by atoms with Crippen molar-refractivity contribution in [3.8, 4) is 0 Å². The Morgan fingerprint density at radius 3 is 2.72 bits per heavy atom. The van der Waals surface area contributed by atoms with Crippen LogP contribution in [0.1, 0.15) is 25.6 Å². The third kappa shape index (κ3) is 3.78. The van der Waals surface area contributed by atoms with E-state index in [-0.39, 0.29) is 24.7 Å². The number of carbonyl (C=O) groups excluding carboxylic acids is 1. The van der Waals surface area contributed by atoms with E-state index >= 15 is 0 Å². The SMILES string of the molecule is CC1(C)O[C@@H]2[C@H](O1)[C@@H](COC(=O)Cc1ccc(F)cc1)O[C@H]2n1cnc2c(N)ncnc21. The first-order valence-electron chi connectivity index (χ1n) is 10.1. The van der Waals surface area contributed by atoms with E-state index in [1.807, 2.05) is 13.8 Å². The number of aromatic nitrogens is 4. The maximum Gasteiger partial charge on any atom is 0.310 e. The Labute approximate surface area is 182 Å². The highest BCUT2D eigenvalue weighted by Crippen LogP contribution is 2.43. The molecule has 2 N–H and O–H groups in total. The standard InChI is InChI=1S/C21H22FN5O5/c1-21(2)31-16-13(8-29-14(28)7-11-3-5-12(22)6-4-11)30-20(17(16)32-21)27-10-26-15-18(23)24-9-25-19(15)27/h3-6,9-10,13,16-17,20H,7-8H2,1-2H3,(H2,23,24,25)/t13-,16-,17-,20-/m1/s1. The Morgan fingerprint density at radius 1 is 1.19 bits per heavy atom. The average molecular weight is 443 g/mol. The van der Waals surface area contributed by atoms with Gasteiger partial charge in [-0.2, -0.15) is 0 Å². The molecule has 2 saturated heterocycles. The van der Waals surface area contributed by atoms with Crippen molar-refractivity contribution < 1.29 is 28.1 Å². The molecule has 4 heterocycles. The van der Waals surface area contributed by atoms with Crippen molar-refractivity contribution in [2.75, 3.05) is 12.3 Å². The number of hydrogen-bond donors (Lipinski definition) is 1. The molecule has 2 aliphatic heterocycles. The van der Waals surface area contributed by atoms with Gasteiger partial charge in [0.2, 0.25) is 0 Å². The number of benzene rings is 1. The maximum atomic E-state index is 13.1. The van der Waals surface area contributed by atoms with Gasteiger partial charge in [0.25, 0.3) is 0 Å². The fourth-order valence-electron chi connectivity index (χ4n) is 4.07. The average Bonchev–Trinajstić information content (AvgIpc) is 3.40. The van der Waals surface area contributed by atoms with Crippen molar-refractivity contribution >= 4 is 23.0 Å². The summed E-state index contributed by atoms with van der Waals surface area (Å²) in [5, 5.41) is 0. The monoisotopic (exact) mass is 443 g/mol. The first kappa shape index (κ1) is 20.7. The summed E-state index contributed by atoms with van der Waals surface area (Å²) in [5.41, 5.74) is 7.51. The number of nitrogens with zero attached hydrogens (tertiary/aromatic N) is 4. The lowest BCUT2D eigenvalue weighted by atomic mass is 10.1. The minimum atomic E-state index is -0.835. The predicted octanol–water partition coefficient (Wildman–Crippen LogP) is 1.75.